The Hall–Kier alpha value is -3.73. The van der Waals surface area contributed by atoms with Crippen LogP contribution in [-0.2, 0) is 38.8 Å². The summed E-state index contributed by atoms with van der Waals surface area (Å²) >= 11 is 3.61. The van der Waals surface area contributed by atoms with Crippen molar-refractivity contribution in [2.45, 2.75) is 58.3 Å². The molecule has 1 unspecified atom stereocenters. The molecule has 11 heteroatoms. The van der Waals surface area contributed by atoms with E-state index in [1.54, 1.807) is 30.2 Å². The van der Waals surface area contributed by atoms with Crippen molar-refractivity contribution in [2.24, 2.45) is 0 Å². The zero-order valence-electron chi connectivity index (χ0n) is 22.0. The van der Waals surface area contributed by atoms with Gasteiger partial charge in [-0.25, -0.2) is 4.68 Å². The van der Waals surface area contributed by atoms with Crippen LogP contribution in [0.15, 0.2) is 59.2 Å². The van der Waals surface area contributed by atoms with Crippen LogP contribution in [0, 0.1) is 0 Å². The molecule has 1 aromatic heterocycles. The highest BCUT2D eigenvalue weighted by Crippen LogP contribution is 2.36. The minimum Gasteiger partial charge on any atom is -0.465 e. The highest BCUT2D eigenvalue weighted by Gasteiger charge is 2.31. The van der Waals surface area contributed by atoms with Gasteiger partial charge in [-0.3, -0.25) is 14.4 Å². The van der Waals surface area contributed by atoms with Crippen molar-refractivity contribution in [3.63, 3.8) is 0 Å². The van der Waals surface area contributed by atoms with E-state index in [4.69, 9.17) is 10.5 Å². The lowest BCUT2D eigenvalue weighted by Crippen LogP contribution is -2.34. The summed E-state index contributed by atoms with van der Waals surface area (Å²) in [5.74, 6) is -0.615. The second-order valence-electron chi connectivity index (χ2n) is 9.47. The van der Waals surface area contributed by atoms with Crippen molar-refractivity contribution < 1.29 is 19.1 Å². The van der Waals surface area contributed by atoms with Gasteiger partial charge in [0.05, 0.1) is 25.4 Å². The molecule has 0 aliphatic carbocycles. The van der Waals surface area contributed by atoms with Crippen LogP contribution in [0.25, 0.3) is 0 Å². The molecule has 0 radical (unpaired) electrons. The number of anilines is 1. The molecule has 1 fully saturated rings. The van der Waals surface area contributed by atoms with Crippen molar-refractivity contribution >= 4 is 39.4 Å². The van der Waals surface area contributed by atoms with E-state index < -0.39 is 5.97 Å². The fourth-order valence-electron chi connectivity index (χ4n) is 4.75. The molecule has 2 N–H and O–H groups in total. The smallest absolute Gasteiger partial charge is 0.327 e. The third-order valence-electron chi connectivity index (χ3n) is 6.63. The summed E-state index contributed by atoms with van der Waals surface area (Å²) in [5.41, 5.74) is 8.98. The van der Waals surface area contributed by atoms with E-state index in [1.165, 1.54) is 4.68 Å². The lowest BCUT2D eigenvalue weighted by atomic mass is 10.0. The van der Waals surface area contributed by atoms with Crippen LogP contribution in [0.2, 0.25) is 0 Å². The maximum Gasteiger partial charge on any atom is 0.327 e. The van der Waals surface area contributed by atoms with Gasteiger partial charge in [-0.15, -0.1) is 5.10 Å². The lowest BCUT2D eigenvalue weighted by Gasteiger charge is -2.27. The fraction of sp³-hybridized carbons (Fsp3) is 0.393. The van der Waals surface area contributed by atoms with Gasteiger partial charge in [-0.05, 0) is 49.1 Å². The zero-order chi connectivity index (χ0) is 27.8. The summed E-state index contributed by atoms with van der Waals surface area (Å²) in [6, 6.07) is 15.3. The number of nitrogen functional groups attached to an aromatic ring is 1. The Morgan fingerprint density at radius 3 is 2.62 bits per heavy atom. The minimum absolute atomic E-state index is 0.00324. The summed E-state index contributed by atoms with van der Waals surface area (Å²) in [4.78, 5) is 42.0. The van der Waals surface area contributed by atoms with Crippen LogP contribution in [0.3, 0.4) is 0 Å². The molecule has 39 heavy (non-hydrogen) atoms. The molecular weight excluding hydrogens is 564 g/mol. The van der Waals surface area contributed by atoms with E-state index in [2.05, 4.69) is 26.2 Å². The van der Waals surface area contributed by atoms with E-state index in [1.807, 2.05) is 41.3 Å². The summed E-state index contributed by atoms with van der Waals surface area (Å²) < 4.78 is 7.33. The van der Waals surface area contributed by atoms with E-state index in [-0.39, 0.29) is 50.4 Å². The van der Waals surface area contributed by atoms with Crippen molar-refractivity contribution in [3.8, 4) is 0 Å². The summed E-state index contributed by atoms with van der Waals surface area (Å²) in [6.07, 6.45) is 3.64. The van der Waals surface area contributed by atoms with Crippen molar-refractivity contribution in [3.05, 3.63) is 76.0 Å². The van der Waals surface area contributed by atoms with E-state index in [0.717, 1.165) is 28.4 Å². The number of hydrogen-bond donors (Lipinski definition) is 1. The van der Waals surface area contributed by atoms with E-state index >= 15 is 0 Å². The Labute approximate surface area is 236 Å². The summed E-state index contributed by atoms with van der Waals surface area (Å²) in [7, 11) is 0. The largest absolute Gasteiger partial charge is 0.465 e. The van der Waals surface area contributed by atoms with Gasteiger partial charge in [0.1, 0.15) is 12.2 Å². The summed E-state index contributed by atoms with van der Waals surface area (Å²) in [5, 5.41) is 8.12. The average molecular weight is 598 g/mol. The fourth-order valence-corrected chi connectivity index (χ4v) is 5.30. The maximum atomic E-state index is 13.4. The third kappa shape index (κ3) is 7.66. The number of carbonyl (C=O) groups is 3. The Morgan fingerprint density at radius 1 is 1.10 bits per heavy atom. The van der Waals surface area contributed by atoms with Crippen molar-refractivity contribution in [1.29, 1.82) is 0 Å². The molecule has 0 bridgehead atoms. The molecule has 1 aliphatic rings. The topological polar surface area (TPSA) is 124 Å². The maximum absolute atomic E-state index is 13.4. The molecule has 206 valence electrons. The number of rotatable bonds is 11. The average Bonchev–Trinajstić information content (AvgIpc) is 3.58. The predicted octanol–water partition coefficient (Wildman–Crippen LogP) is 3.86. The molecule has 0 saturated carbocycles. The summed E-state index contributed by atoms with van der Waals surface area (Å²) in [6.45, 7) is 3.14. The van der Waals surface area contributed by atoms with Gasteiger partial charge in [0.25, 0.3) is 0 Å². The minimum atomic E-state index is -0.412. The molecule has 1 aliphatic heterocycles. The Morgan fingerprint density at radius 2 is 1.87 bits per heavy atom. The van der Waals surface area contributed by atoms with Crippen LogP contribution in [-0.4, -0.2) is 55.7 Å². The molecule has 0 spiro atoms. The number of carbonyl (C=O) groups excluding carboxylic acids is 3. The number of hydrogen-bond acceptors (Lipinski definition) is 7. The van der Waals surface area contributed by atoms with Gasteiger partial charge >= 0.3 is 5.97 Å². The first-order valence-electron chi connectivity index (χ1n) is 13.0. The van der Waals surface area contributed by atoms with E-state index in [0.29, 0.717) is 24.5 Å². The van der Waals surface area contributed by atoms with Gasteiger partial charge < -0.3 is 20.3 Å². The van der Waals surface area contributed by atoms with Crippen LogP contribution in [0.5, 0.6) is 0 Å². The number of esters is 1. The molecule has 4 rings (SSSR count). The quantitative estimate of drug-likeness (QED) is 0.263. The van der Waals surface area contributed by atoms with Crippen LogP contribution in [0.4, 0.5) is 5.69 Å². The molecule has 2 amide bonds. The van der Waals surface area contributed by atoms with Crippen molar-refractivity contribution in [1.82, 2.24) is 24.8 Å². The SMILES string of the molecule is CCOC(=O)Cn1cc(CN(Cc2ccc(N)cc2)C(=O)CCC(=O)N2CCCC2c2ccccc2Br)nn1. The number of ether oxygens (including phenoxy) is 1. The first-order chi connectivity index (χ1) is 18.8. The molecule has 1 saturated heterocycles. The van der Waals surface area contributed by atoms with Crippen LogP contribution in [0.1, 0.15) is 55.5 Å². The van der Waals surface area contributed by atoms with Crippen LogP contribution < -0.4 is 5.73 Å². The Bertz CT molecular complexity index is 1300. The molecule has 10 nitrogen and oxygen atoms in total. The first kappa shape index (κ1) is 28.3. The number of aromatic nitrogens is 3. The van der Waals surface area contributed by atoms with Gasteiger partial charge in [-0.2, -0.15) is 0 Å². The van der Waals surface area contributed by atoms with Gasteiger partial charge in [-0.1, -0.05) is 51.5 Å². The normalized spacial score (nSPS) is 14.8. The number of halogens is 1. The van der Waals surface area contributed by atoms with Gasteiger partial charge in [0.15, 0.2) is 0 Å². The number of amides is 2. The van der Waals surface area contributed by atoms with Crippen molar-refractivity contribution in [2.75, 3.05) is 18.9 Å². The molecular formula is C28H33BrN6O4. The van der Waals surface area contributed by atoms with Gasteiger partial charge in [0, 0.05) is 36.1 Å². The highest BCUT2D eigenvalue weighted by molar-refractivity contribution is 9.10. The molecule has 2 heterocycles. The number of likely N-dealkylation sites (tertiary alicyclic amines) is 1. The number of benzene rings is 2. The van der Waals surface area contributed by atoms with E-state index in [9.17, 15) is 14.4 Å². The monoisotopic (exact) mass is 596 g/mol. The first-order valence-corrected chi connectivity index (χ1v) is 13.8. The second-order valence-corrected chi connectivity index (χ2v) is 10.3. The molecule has 1 atom stereocenters. The lowest BCUT2D eigenvalue weighted by molar-refractivity contribution is -0.144. The molecule has 2 aromatic carbocycles. The third-order valence-corrected chi connectivity index (χ3v) is 7.35. The number of nitrogens with zero attached hydrogens (tertiary/aromatic N) is 5. The number of nitrogens with two attached hydrogens (primary N) is 1. The zero-order valence-corrected chi connectivity index (χ0v) is 23.5. The molecule has 3 aromatic rings. The highest BCUT2D eigenvalue weighted by atomic mass is 79.9. The van der Waals surface area contributed by atoms with Gasteiger partial charge in [0.2, 0.25) is 11.8 Å². The second kappa shape index (κ2) is 13.4. The standard InChI is InChI=1S/C28H33BrN6O4/c1-2-39-28(38)19-34-18-22(31-32-34)17-33(16-20-9-11-21(30)12-10-20)26(36)13-14-27(37)35-15-5-8-25(35)23-6-3-4-7-24(23)29/h3-4,6-7,9-12,18,25H,2,5,8,13-17,19,30H2,1H3. The Kier molecular flexibility index (Phi) is 9.69. The predicted molar refractivity (Wildman–Crippen MR) is 149 cm³/mol. The van der Waals surface area contributed by atoms with Crippen LogP contribution >= 0.6 is 15.9 Å². The Balaban J connectivity index is 1.42.